The van der Waals surface area contributed by atoms with Crippen molar-refractivity contribution < 1.29 is 24.2 Å². The van der Waals surface area contributed by atoms with Gasteiger partial charge in [-0.2, -0.15) is 0 Å². The maximum atomic E-state index is 12.1. The summed E-state index contributed by atoms with van der Waals surface area (Å²) in [6, 6.07) is -1.35. The molecule has 1 heterocycles. The van der Waals surface area contributed by atoms with Crippen LogP contribution in [-0.2, 0) is 19.1 Å². The van der Waals surface area contributed by atoms with Crippen LogP contribution in [0.3, 0.4) is 0 Å². The minimum atomic E-state index is -1.35. The minimum Gasteiger partial charge on any atom is -0.481 e. The number of hydrogen-bond donors (Lipinski definition) is 2. The quantitative estimate of drug-likeness (QED) is 0.557. The van der Waals surface area contributed by atoms with E-state index >= 15 is 0 Å². The predicted molar refractivity (Wildman–Crippen MR) is 70.8 cm³/mol. The number of piperidine rings is 1. The van der Waals surface area contributed by atoms with Crippen molar-refractivity contribution in [1.82, 2.24) is 4.90 Å². The summed E-state index contributed by atoms with van der Waals surface area (Å²) >= 11 is 0. The molecule has 0 aliphatic carbocycles. The van der Waals surface area contributed by atoms with Crippen molar-refractivity contribution >= 4 is 17.8 Å². The van der Waals surface area contributed by atoms with Gasteiger partial charge >= 0.3 is 11.9 Å². The highest BCUT2D eigenvalue weighted by Gasteiger charge is 2.34. The minimum absolute atomic E-state index is 0.298. The van der Waals surface area contributed by atoms with E-state index in [-0.39, 0.29) is 0 Å². The summed E-state index contributed by atoms with van der Waals surface area (Å²) in [7, 11) is 0. The molecule has 1 rings (SSSR count). The maximum Gasteiger partial charge on any atom is 0.333 e. The molecule has 0 spiro atoms. The smallest absolute Gasteiger partial charge is 0.333 e. The Balaban J connectivity index is 2.54. The Morgan fingerprint density at radius 1 is 1.25 bits per heavy atom. The number of rotatable bonds is 3. The summed E-state index contributed by atoms with van der Waals surface area (Å²) in [5.41, 5.74) is 4.91. The van der Waals surface area contributed by atoms with E-state index in [0.29, 0.717) is 25.9 Å². The van der Waals surface area contributed by atoms with Gasteiger partial charge in [-0.3, -0.25) is 9.59 Å². The molecule has 20 heavy (non-hydrogen) atoms. The predicted octanol–water partition coefficient (Wildman–Crippen LogP) is -0.0214. The molecule has 0 aromatic heterocycles. The van der Waals surface area contributed by atoms with Gasteiger partial charge in [-0.15, -0.1) is 0 Å². The molecule has 7 heteroatoms. The van der Waals surface area contributed by atoms with Gasteiger partial charge in [-0.05, 0) is 33.6 Å². The van der Waals surface area contributed by atoms with Crippen LogP contribution in [0.25, 0.3) is 0 Å². The Morgan fingerprint density at radius 3 is 2.15 bits per heavy atom. The van der Waals surface area contributed by atoms with E-state index in [1.807, 2.05) is 0 Å². The molecule has 1 aliphatic heterocycles. The molecule has 0 saturated carbocycles. The Hall–Kier alpha value is -1.63. The second-order valence-electron chi connectivity index (χ2n) is 5.95. The van der Waals surface area contributed by atoms with E-state index in [9.17, 15) is 14.4 Å². The lowest BCUT2D eigenvalue weighted by molar-refractivity contribution is -0.161. The highest BCUT2D eigenvalue weighted by atomic mass is 16.6. The van der Waals surface area contributed by atoms with Gasteiger partial charge in [0, 0.05) is 13.1 Å². The number of amides is 1. The van der Waals surface area contributed by atoms with Crippen molar-refractivity contribution in [3.63, 3.8) is 0 Å². The molecule has 0 unspecified atom stereocenters. The van der Waals surface area contributed by atoms with E-state index in [1.165, 1.54) is 4.90 Å². The first-order valence-electron chi connectivity index (χ1n) is 6.62. The van der Waals surface area contributed by atoms with Crippen LogP contribution in [0.4, 0.5) is 0 Å². The Labute approximate surface area is 118 Å². The fourth-order valence-electron chi connectivity index (χ4n) is 2.01. The third-order valence-electron chi connectivity index (χ3n) is 3.08. The van der Waals surface area contributed by atoms with Crippen molar-refractivity contribution in [2.75, 3.05) is 13.1 Å². The van der Waals surface area contributed by atoms with Crippen molar-refractivity contribution in [2.45, 2.75) is 45.3 Å². The largest absolute Gasteiger partial charge is 0.481 e. The lowest BCUT2D eigenvalue weighted by Crippen LogP contribution is -2.52. The lowest BCUT2D eigenvalue weighted by Gasteiger charge is -2.32. The van der Waals surface area contributed by atoms with Gasteiger partial charge in [0.2, 0.25) is 0 Å². The molecular weight excluding hydrogens is 264 g/mol. The van der Waals surface area contributed by atoms with Crippen LogP contribution in [0.1, 0.15) is 33.6 Å². The number of carbonyl (C=O) groups is 3. The normalized spacial score (nSPS) is 18.5. The van der Waals surface area contributed by atoms with Crippen LogP contribution >= 0.6 is 0 Å². The van der Waals surface area contributed by atoms with Crippen LogP contribution in [0, 0.1) is 5.92 Å². The zero-order valence-corrected chi connectivity index (χ0v) is 12.1. The number of nitrogens with two attached hydrogens (primary N) is 1. The third-order valence-corrected chi connectivity index (χ3v) is 3.08. The van der Waals surface area contributed by atoms with Gasteiger partial charge in [-0.25, -0.2) is 4.79 Å². The fraction of sp³-hybridized carbons (Fsp3) is 0.769. The lowest BCUT2D eigenvalue weighted by atomic mass is 9.96. The van der Waals surface area contributed by atoms with Gasteiger partial charge < -0.3 is 20.5 Å². The average Bonchev–Trinajstić information content (AvgIpc) is 2.35. The van der Waals surface area contributed by atoms with Crippen molar-refractivity contribution in [1.29, 1.82) is 0 Å². The van der Waals surface area contributed by atoms with Gasteiger partial charge in [0.15, 0.2) is 6.04 Å². The summed E-state index contributed by atoms with van der Waals surface area (Å²) < 4.78 is 5.07. The van der Waals surface area contributed by atoms with E-state index < -0.39 is 35.4 Å². The number of carboxylic acids is 1. The van der Waals surface area contributed by atoms with E-state index in [2.05, 4.69) is 0 Å². The SMILES string of the molecule is CC(C)(C)OC(=O)[C@@H](N)C(=O)N1CCC(C(=O)O)CC1. The Kier molecular flexibility index (Phi) is 5.10. The van der Waals surface area contributed by atoms with E-state index in [4.69, 9.17) is 15.6 Å². The van der Waals surface area contributed by atoms with Crippen molar-refractivity contribution in [3.8, 4) is 0 Å². The molecule has 0 aromatic rings. The summed E-state index contributed by atoms with van der Waals surface area (Å²) in [6.07, 6.45) is 0.754. The molecule has 0 bridgehead atoms. The second-order valence-corrected chi connectivity index (χ2v) is 5.95. The topological polar surface area (TPSA) is 110 Å². The van der Waals surface area contributed by atoms with Gasteiger partial charge in [0.1, 0.15) is 5.60 Å². The molecule has 1 atom stereocenters. The summed E-state index contributed by atoms with van der Waals surface area (Å²) in [5.74, 6) is -2.56. The summed E-state index contributed by atoms with van der Waals surface area (Å²) in [5, 5.41) is 8.89. The molecule has 1 saturated heterocycles. The number of aliphatic carboxylic acids is 1. The van der Waals surface area contributed by atoms with Crippen LogP contribution < -0.4 is 5.73 Å². The molecule has 0 radical (unpaired) electrons. The van der Waals surface area contributed by atoms with Crippen LogP contribution in [-0.4, -0.2) is 52.6 Å². The molecule has 3 N–H and O–H groups in total. The summed E-state index contributed by atoms with van der Waals surface area (Å²) in [6.45, 7) is 5.68. The molecule has 1 amide bonds. The number of esters is 1. The van der Waals surface area contributed by atoms with Crippen molar-refractivity contribution in [2.24, 2.45) is 11.7 Å². The van der Waals surface area contributed by atoms with Crippen molar-refractivity contribution in [3.05, 3.63) is 0 Å². The Bertz CT molecular complexity index is 394. The fourth-order valence-corrected chi connectivity index (χ4v) is 2.01. The Morgan fingerprint density at radius 2 is 1.75 bits per heavy atom. The van der Waals surface area contributed by atoms with Gasteiger partial charge in [-0.1, -0.05) is 0 Å². The molecule has 1 aliphatic rings. The molecule has 7 nitrogen and oxygen atoms in total. The zero-order valence-electron chi connectivity index (χ0n) is 12.1. The number of hydrogen-bond acceptors (Lipinski definition) is 5. The number of nitrogens with zero attached hydrogens (tertiary/aromatic N) is 1. The monoisotopic (exact) mass is 286 g/mol. The molecule has 114 valence electrons. The standard InChI is InChI=1S/C13H22N2O5/c1-13(2,3)20-12(19)9(14)10(16)15-6-4-8(5-7-15)11(17)18/h8-9H,4-7,14H2,1-3H3,(H,17,18)/t9-/m0/s1. The third kappa shape index (κ3) is 4.48. The average molecular weight is 286 g/mol. The summed E-state index contributed by atoms with van der Waals surface area (Å²) in [4.78, 5) is 36.0. The molecule has 0 aromatic carbocycles. The maximum absolute atomic E-state index is 12.1. The van der Waals surface area contributed by atoms with E-state index in [0.717, 1.165) is 0 Å². The van der Waals surface area contributed by atoms with Crippen LogP contribution in [0.15, 0.2) is 0 Å². The molecule has 1 fully saturated rings. The first-order chi connectivity index (χ1) is 9.11. The second kappa shape index (κ2) is 6.21. The number of carbonyl (C=O) groups excluding carboxylic acids is 2. The van der Waals surface area contributed by atoms with Gasteiger partial charge in [0.05, 0.1) is 5.92 Å². The number of likely N-dealkylation sites (tertiary alicyclic amines) is 1. The van der Waals surface area contributed by atoms with E-state index in [1.54, 1.807) is 20.8 Å². The number of carboxylic acid groups (broad SMARTS) is 1. The first kappa shape index (κ1) is 16.4. The van der Waals surface area contributed by atoms with Crippen LogP contribution in [0.5, 0.6) is 0 Å². The number of ether oxygens (including phenoxy) is 1. The zero-order chi connectivity index (χ0) is 15.5. The molecular formula is C13H22N2O5. The highest BCUT2D eigenvalue weighted by Crippen LogP contribution is 2.18. The first-order valence-corrected chi connectivity index (χ1v) is 6.62. The highest BCUT2D eigenvalue weighted by molar-refractivity contribution is 6.01. The van der Waals surface area contributed by atoms with Gasteiger partial charge in [0.25, 0.3) is 5.91 Å². The van der Waals surface area contributed by atoms with Crippen LogP contribution in [0.2, 0.25) is 0 Å².